The normalized spacial score (nSPS) is 17.6. The Bertz CT molecular complexity index is 349. The number of aryl methyl sites for hydroxylation is 1. The first-order chi connectivity index (χ1) is 7.79. The van der Waals surface area contributed by atoms with Gasteiger partial charge in [0.15, 0.2) is 0 Å². The molecule has 0 radical (unpaired) electrons. The third kappa shape index (κ3) is 2.83. The van der Waals surface area contributed by atoms with Gasteiger partial charge in [0.2, 0.25) is 0 Å². The third-order valence-corrected chi connectivity index (χ3v) is 3.14. The molecule has 0 unspecified atom stereocenters. The number of nitrogens with zero attached hydrogens (tertiary/aromatic N) is 1. The molecule has 1 aromatic carbocycles. The summed E-state index contributed by atoms with van der Waals surface area (Å²) in [5.41, 5.74) is 4.28. The van der Waals surface area contributed by atoms with Gasteiger partial charge in [-0.15, -0.1) is 0 Å². The summed E-state index contributed by atoms with van der Waals surface area (Å²) in [7, 11) is 2.11. The van der Waals surface area contributed by atoms with Gasteiger partial charge in [-0.2, -0.15) is 0 Å². The van der Waals surface area contributed by atoms with Crippen LogP contribution in [-0.4, -0.2) is 25.2 Å². The van der Waals surface area contributed by atoms with Crippen molar-refractivity contribution in [3.05, 3.63) is 34.9 Å². The molecule has 0 aliphatic carbocycles. The van der Waals surface area contributed by atoms with E-state index < -0.39 is 0 Å². The van der Waals surface area contributed by atoms with E-state index in [4.69, 9.17) is 4.74 Å². The molecule has 2 nitrogen and oxygen atoms in total. The lowest BCUT2D eigenvalue weighted by Crippen LogP contribution is -2.26. The van der Waals surface area contributed by atoms with E-state index in [1.54, 1.807) is 0 Å². The predicted octanol–water partition coefficient (Wildman–Crippen LogP) is 2.60. The molecule has 0 fully saturated rings. The lowest BCUT2D eigenvalue weighted by molar-refractivity contribution is 0.0281. The number of ether oxygens (including phenoxy) is 1. The Labute approximate surface area is 98.2 Å². The highest BCUT2D eigenvalue weighted by molar-refractivity contribution is 5.32. The maximum Gasteiger partial charge on any atom is 0.0992 e. The highest BCUT2D eigenvalue weighted by Crippen LogP contribution is 2.17. The third-order valence-electron chi connectivity index (χ3n) is 3.14. The zero-order chi connectivity index (χ0) is 11.4. The monoisotopic (exact) mass is 219 g/mol. The fourth-order valence-electron chi connectivity index (χ4n) is 2.19. The zero-order valence-electron chi connectivity index (χ0n) is 10.3. The number of hydrogen-bond donors (Lipinski definition) is 0. The molecule has 0 amide bonds. The first-order valence-corrected chi connectivity index (χ1v) is 6.16. The summed E-state index contributed by atoms with van der Waals surface area (Å²) in [4.78, 5) is 2.23. The maximum atomic E-state index is 5.67. The summed E-state index contributed by atoms with van der Waals surface area (Å²) in [6, 6.07) is 6.87. The molecule has 1 aliphatic rings. The molecule has 2 heteroatoms. The Morgan fingerprint density at radius 3 is 3.00 bits per heavy atom. The molecule has 88 valence electrons. The quantitative estimate of drug-likeness (QED) is 0.758. The molecule has 0 spiro atoms. The Balaban J connectivity index is 2.17. The van der Waals surface area contributed by atoms with Crippen molar-refractivity contribution in [2.45, 2.75) is 32.8 Å². The van der Waals surface area contributed by atoms with Crippen LogP contribution >= 0.6 is 0 Å². The predicted molar refractivity (Wildman–Crippen MR) is 66.4 cm³/mol. The molecule has 0 saturated carbocycles. The molecule has 0 N–H and O–H groups in total. The minimum Gasteiger partial charge on any atom is -0.361 e. The van der Waals surface area contributed by atoms with Crippen LogP contribution in [0.2, 0.25) is 0 Å². The zero-order valence-corrected chi connectivity index (χ0v) is 10.3. The van der Waals surface area contributed by atoms with Crippen LogP contribution < -0.4 is 0 Å². The van der Waals surface area contributed by atoms with E-state index in [0.29, 0.717) is 0 Å². The van der Waals surface area contributed by atoms with Gasteiger partial charge >= 0.3 is 0 Å². The highest BCUT2D eigenvalue weighted by Gasteiger charge is 2.09. The number of benzene rings is 1. The highest BCUT2D eigenvalue weighted by atomic mass is 16.5. The van der Waals surface area contributed by atoms with Crippen LogP contribution in [0.15, 0.2) is 18.2 Å². The molecule has 0 bridgehead atoms. The van der Waals surface area contributed by atoms with E-state index in [9.17, 15) is 0 Å². The Hall–Kier alpha value is -0.860. The van der Waals surface area contributed by atoms with Crippen LogP contribution in [-0.2, 0) is 24.2 Å². The van der Waals surface area contributed by atoms with Crippen molar-refractivity contribution in [2.24, 2.45) is 0 Å². The van der Waals surface area contributed by atoms with E-state index in [1.807, 2.05) is 0 Å². The van der Waals surface area contributed by atoms with Gasteiger partial charge in [0.05, 0.1) is 13.3 Å². The summed E-state index contributed by atoms with van der Waals surface area (Å²) in [6.07, 6.45) is 3.52. The summed E-state index contributed by atoms with van der Waals surface area (Å²) in [6.45, 7) is 4.82. The van der Waals surface area contributed by atoms with Crippen LogP contribution in [0.5, 0.6) is 0 Å². The smallest absolute Gasteiger partial charge is 0.0992 e. The van der Waals surface area contributed by atoms with Gasteiger partial charge in [-0.1, -0.05) is 31.5 Å². The van der Waals surface area contributed by atoms with Crippen molar-refractivity contribution >= 4 is 0 Å². The SMILES string of the molecule is CCCc1ccc2c(c1)COCN(C)CC2. The minimum absolute atomic E-state index is 0.747. The van der Waals surface area contributed by atoms with Gasteiger partial charge in [-0.25, -0.2) is 0 Å². The van der Waals surface area contributed by atoms with E-state index in [2.05, 4.69) is 37.1 Å². The maximum absolute atomic E-state index is 5.67. The Morgan fingerprint density at radius 1 is 1.31 bits per heavy atom. The number of likely N-dealkylation sites (N-methyl/N-ethyl adjacent to an activating group) is 1. The lowest BCUT2D eigenvalue weighted by atomic mass is 9.99. The minimum atomic E-state index is 0.747. The van der Waals surface area contributed by atoms with Gasteiger partial charge in [-0.05, 0) is 36.6 Å². The Kier molecular flexibility index (Phi) is 3.97. The molecule has 0 aromatic heterocycles. The second-order valence-corrected chi connectivity index (χ2v) is 4.66. The van der Waals surface area contributed by atoms with Crippen molar-refractivity contribution in [1.29, 1.82) is 0 Å². The lowest BCUT2D eigenvalue weighted by Gasteiger charge is -2.22. The number of fused-ring (bicyclic) bond motifs is 1. The molecule has 1 aliphatic heterocycles. The molecule has 16 heavy (non-hydrogen) atoms. The molecular weight excluding hydrogens is 198 g/mol. The molecular formula is C14H21NO. The van der Waals surface area contributed by atoms with E-state index >= 15 is 0 Å². The largest absolute Gasteiger partial charge is 0.361 e. The van der Waals surface area contributed by atoms with Crippen LogP contribution in [0, 0.1) is 0 Å². The van der Waals surface area contributed by atoms with Gasteiger partial charge in [0.1, 0.15) is 0 Å². The Morgan fingerprint density at radius 2 is 2.19 bits per heavy atom. The van der Waals surface area contributed by atoms with Gasteiger partial charge in [-0.3, -0.25) is 4.90 Å². The standard InChI is InChI=1S/C14H21NO/c1-3-4-12-5-6-13-7-8-15(2)11-16-10-14(13)9-12/h5-6,9H,3-4,7-8,10-11H2,1-2H3. The average Bonchev–Trinajstić information content (AvgIpc) is 2.26. The van der Waals surface area contributed by atoms with Crippen molar-refractivity contribution < 1.29 is 4.74 Å². The van der Waals surface area contributed by atoms with Crippen molar-refractivity contribution in [2.75, 3.05) is 20.3 Å². The van der Waals surface area contributed by atoms with Gasteiger partial charge < -0.3 is 4.74 Å². The van der Waals surface area contributed by atoms with Crippen LogP contribution in [0.25, 0.3) is 0 Å². The van der Waals surface area contributed by atoms with Gasteiger partial charge in [0.25, 0.3) is 0 Å². The van der Waals surface area contributed by atoms with Crippen molar-refractivity contribution in [3.8, 4) is 0 Å². The van der Waals surface area contributed by atoms with E-state index in [1.165, 1.54) is 29.5 Å². The topological polar surface area (TPSA) is 12.5 Å². The second kappa shape index (κ2) is 5.46. The summed E-state index contributed by atoms with van der Waals surface area (Å²) in [5.74, 6) is 0. The molecule has 2 rings (SSSR count). The fraction of sp³-hybridized carbons (Fsp3) is 0.571. The van der Waals surface area contributed by atoms with Crippen LogP contribution in [0.4, 0.5) is 0 Å². The van der Waals surface area contributed by atoms with Crippen LogP contribution in [0.1, 0.15) is 30.0 Å². The van der Waals surface area contributed by atoms with E-state index in [0.717, 1.165) is 26.3 Å². The van der Waals surface area contributed by atoms with Gasteiger partial charge in [0, 0.05) is 6.54 Å². The first kappa shape index (κ1) is 11.6. The summed E-state index contributed by atoms with van der Waals surface area (Å²) >= 11 is 0. The number of rotatable bonds is 2. The molecule has 0 saturated heterocycles. The molecule has 1 aromatic rings. The fourth-order valence-corrected chi connectivity index (χ4v) is 2.19. The van der Waals surface area contributed by atoms with E-state index in [-0.39, 0.29) is 0 Å². The van der Waals surface area contributed by atoms with Crippen LogP contribution in [0.3, 0.4) is 0 Å². The van der Waals surface area contributed by atoms with Crippen molar-refractivity contribution in [3.63, 3.8) is 0 Å². The first-order valence-electron chi connectivity index (χ1n) is 6.16. The second-order valence-electron chi connectivity index (χ2n) is 4.66. The molecule has 1 heterocycles. The number of hydrogen-bond acceptors (Lipinski definition) is 2. The summed E-state index contributed by atoms with van der Waals surface area (Å²) in [5, 5.41) is 0. The summed E-state index contributed by atoms with van der Waals surface area (Å²) < 4.78 is 5.67. The average molecular weight is 219 g/mol. The molecule has 0 atom stereocenters. The van der Waals surface area contributed by atoms with Crippen molar-refractivity contribution in [1.82, 2.24) is 4.90 Å².